The third-order valence-electron chi connectivity index (χ3n) is 3.88. The van der Waals surface area contributed by atoms with E-state index in [0.29, 0.717) is 0 Å². The van der Waals surface area contributed by atoms with Crippen molar-refractivity contribution in [3.63, 3.8) is 0 Å². The van der Waals surface area contributed by atoms with E-state index in [4.69, 9.17) is 6.42 Å². The van der Waals surface area contributed by atoms with Crippen LogP contribution >= 0.6 is 0 Å². The molecule has 3 amide bonds. The molecule has 1 aliphatic heterocycles. The van der Waals surface area contributed by atoms with Crippen molar-refractivity contribution >= 4 is 17.7 Å². The van der Waals surface area contributed by atoms with Gasteiger partial charge in [0.15, 0.2) is 0 Å². The van der Waals surface area contributed by atoms with Crippen LogP contribution in [0.2, 0.25) is 0 Å². The lowest BCUT2D eigenvalue weighted by Crippen LogP contribution is -2.35. The van der Waals surface area contributed by atoms with Gasteiger partial charge in [0.25, 0.3) is 0 Å². The van der Waals surface area contributed by atoms with Gasteiger partial charge in [-0.2, -0.15) is 0 Å². The van der Waals surface area contributed by atoms with Crippen LogP contribution < -0.4 is 5.32 Å². The molecule has 0 aromatic heterocycles. The number of nitrogens with one attached hydrogen (secondary N) is 1. The van der Waals surface area contributed by atoms with Crippen LogP contribution in [-0.4, -0.2) is 35.7 Å². The molecular weight excluding hydrogens is 244 g/mol. The monoisotopic (exact) mass is 262 g/mol. The average molecular weight is 262 g/mol. The molecule has 1 saturated heterocycles. The standard InChI is InChI=1S/C14H18N2O3/c1-2-8-15-12(17)7-9-16-13(18)10-5-3-4-6-11(10)14(16)19/h1,10-11H,3-9H2,(H,15,17). The van der Waals surface area contributed by atoms with Crippen LogP contribution in [0.3, 0.4) is 0 Å². The second kappa shape index (κ2) is 5.87. The van der Waals surface area contributed by atoms with E-state index in [-0.39, 0.29) is 49.1 Å². The second-order valence-corrected chi connectivity index (χ2v) is 5.06. The molecule has 0 aromatic rings. The van der Waals surface area contributed by atoms with Crippen LogP contribution in [0, 0.1) is 24.2 Å². The molecule has 19 heavy (non-hydrogen) atoms. The summed E-state index contributed by atoms with van der Waals surface area (Å²) in [6, 6.07) is 0. The Morgan fingerprint density at radius 2 is 1.84 bits per heavy atom. The van der Waals surface area contributed by atoms with Gasteiger partial charge in [-0.1, -0.05) is 18.8 Å². The van der Waals surface area contributed by atoms with Gasteiger partial charge < -0.3 is 5.32 Å². The highest BCUT2D eigenvalue weighted by Gasteiger charge is 2.47. The quantitative estimate of drug-likeness (QED) is 0.585. The molecule has 0 bridgehead atoms. The lowest BCUT2D eigenvalue weighted by molar-refractivity contribution is -0.140. The third-order valence-corrected chi connectivity index (χ3v) is 3.88. The maximum atomic E-state index is 12.1. The first-order chi connectivity index (χ1) is 9.15. The van der Waals surface area contributed by atoms with E-state index in [1.807, 2.05) is 0 Å². The molecule has 0 aromatic carbocycles. The highest BCUT2D eigenvalue weighted by molar-refractivity contribution is 6.05. The number of hydrogen-bond acceptors (Lipinski definition) is 3. The van der Waals surface area contributed by atoms with Gasteiger partial charge in [-0.15, -0.1) is 6.42 Å². The average Bonchev–Trinajstić information content (AvgIpc) is 2.67. The minimum absolute atomic E-state index is 0.0977. The molecule has 5 heteroatoms. The van der Waals surface area contributed by atoms with Crippen molar-refractivity contribution < 1.29 is 14.4 Å². The van der Waals surface area contributed by atoms with Gasteiger partial charge >= 0.3 is 0 Å². The van der Waals surface area contributed by atoms with Crippen molar-refractivity contribution in [1.82, 2.24) is 10.2 Å². The SMILES string of the molecule is C#CCNC(=O)CCN1C(=O)C2CCCCC2C1=O. The van der Waals surface area contributed by atoms with Crippen molar-refractivity contribution in [3.8, 4) is 12.3 Å². The Labute approximate surface area is 112 Å². The molecule has 1 aliphatic carbocycles. The normalized spacial score (nSPS) is 25.9. The second-order valence-electron chi connectivity index (χ2n) is 5.06. The van der Waals surface area contributed by atoms with Gasteiger partial charge in [0.2, 0.25) is 17.7 Å². The van der Waals surface area contributed by atoms with Gasteiger partial charge in [-0.3, -0.25) is 19.3 Å². The first-order valence-electron chi connectivity index (χ1n) is 6.70. The summed E-state index contributed by atoms with van der Waals surface area (Å²) >= 11 is 0. The fraction of sp³-hybridized carbons (Fsp3) is 0.643. The van der Waals surface area contributed by atoms with E-state index in [9.17, 15) is 14.4 Å². The molecule has 0 radical (unpaired) electrons. The Morgan fingerprint density at radius 3 is 2.37 bits per heavy atom. The van der Waals surface area contributed by atoms with Crippen molar-refractivity contribution in [2.45, 2.75) is 32.1 Å². The van der Waals surface area contributed by atoms with E-state index in [2.05, 4.69) is 11.2 Å². The lowest BCUT2D eigenvalue weighted by atomic mass is 9.81. The van der Waals surface area contributed by atoms with Gasteiger partial charge in [0.1, 0.15) is 0 Å². The number of fused-ring (bicyclic) bond motifs is 1. The van der Waals surface area contributed by atoms with Gasteiger partial charge in [-0.25, -0.2) is 0 Å². The summed E-state index contributed by atoms with van der Waals surface area (Å²) in [4.78, 5) is 36.9. The molecule has 102 valence electrons. The third kappa shape index (κ3) is 2.78. The Hall–Kier alpha value is -1.83. The number of carbonyl (C=O) groups excluding carboxylic acids is 3. The van der Waals surface area contributed by atoms with Gasteiger partial charge in [0.05, 0.1) is 18.4 Å². The Balaban J connectivity index is 1.90. The van der Waals surface area contributed by atoms with Crippen LogP contribution in [0.25, 0.3) is 0 Å². The summed E-state index contributed by atoms with van der Waals surface area (Å²) in [5.74, 6) is 1.59. The van der Waals surface area contributed by atoms with Crippen LogP contribution in [-0.2, 0) is 14.4 Å². The zero-order valence-electron chi connectivity index (χ0n) is 10.9. The number of likely N-dealkylation sites (tertiary alicyclic amines) is 1. The Morgan fingerprint density at radius 1 is 1.26 bits per heavy atom. The van der Waals surface area contributed by atoms with E-state index in [0.717, 1.165) is 25.7 Å². The minimum Gasteiger partial charge on any atom is -0.345 e. The van der Waals surface area contributed by atoms with Crippen LogP contribution in [0.15, 0.2) is 0 Å². The number of nitrogens with zero attached hydrogens (tertiary/aromatic N) is 1. The minimum atomic E-state index is -0.228. The topological polar surface area (TPSA) is 66.5 Å². The van der Waals surface area contributed by atoms with E-state index in [1.54, 1.807) is 0 Å². The van der Waals surface area contributed by atoms with Crippen molar-refractivity contribution in [2.24, 2.45) is 11.8 Å². The predicted octanol–water partition coefficient (Wildman–Crippen LogP) is 0.301. The summed E-state index contributed by atoms with van der Waals surface area (Å²) in [6.07, 6.45) is 8.78. The number of rotatable bonds is 4. The van der Waals surface area contributed by atoms with E-state index < -0.39 is 0 Å². The molecular formula is C14H18N2O3. The predicted molar refractivity (Wildman–Crippen MR) is 68.6 cm³/mol. The molecule has 2 atom stereocenters. The van der Waals surface area contributed by atoms with E-state index in [1.165, 1.54) is 4.90 Å². The lowest BCUT2D eigenvalue weighted by Gasteiger charge is -2.19. The number of hydrogen-bond donors (Lipinski definition) is 1. The number of imide groups is 1. The molecule has 2 unspecified atom stereocenters. The van der Waals surface area contributed by atoms with Gasteiger partial charge in [0, 0.05) is 13.0 Å². The zero-order chi connectivity index (χ0) is 13.8. The smallest absolute Gasteiger partial charge is 0.233 e. The summed E-state index contributed by atoms with van der Waals surface area (Å²) in [7, 11) is 0. The van der Waals surface area contributed by atoms with Crippen LogP contribution in [0.4, 0.5) is 0 Å². The molecule has 2 aliphatic rings. The maximum absolute atomic E-state index is 12.1. The van der Waals surface area contributed by atoms with Crippen molar-refractivity contribution in [1.29, 1.82) is 0 Å². The molecule has 2 fully saturated rings. The first kappa shape index (κ1) is 13.6. The summed E-state index contributed by atoms with van der Waals surface area (Å²) in [6.45, 7) is 0.340. The summed E-state index contributed by atoms with van der Waals surface area (Å²) in [5, 5.41) is 2.52. The zero-order valence-corrected chi connectivity index (χ0v) is 10.9. The number of carbonyl (C=O) groups is 3. The van der Waals surface area contributed by atoms with Gasteiger partial charge in [-0.05, 0) is 12.8 Å². The molecule has 1 saturated carbocycles. The largest absolute Gasteiger partial charge is 0.345 e. The molecule has 2 rings (SSSR count). The molecule has 0 spiro atoms. The van der Waals surface area contributed by atoms with Crippen LogP contribution in [0.5, 0.6) is 0 Å². The Kier molecular flexibility index (Phi) is 4.20. The van der Waals surface area contributed by atoms with Crippen molar-refractivity contribution in [3.05, 3.63) is 0 Å². The maximum Gasteiger partial charge on any atom is 0.233 e. The molecule has 5 nitrogen and oxygen atoms in total. The first-order valence-corrected chi connectivity index (χ1v) is 6.70. The molecule has 1 N–H and O–H groups in total. The van der Waals surface area contributed by atoms with Crippen LogP contribution in [0.1, 0.15) is 32.1 Å². The fourth-order valence-corrected chi connectivity index (χ4v) is 2.90. The Bertz CT molecular complexity index is 414. The number of terminal acetylenes is 1. The fourth-order valence-electron chi connectivity index (χ4n) is 2.90. The highest BCUT2D eigenvalue weighted by Crippen LogP contribution is 2.37. The molecule has 1 heterocycles. The van der Waals surface area contributed by atoms with E-state index >= 15 is 0 Å². The van der Waals surface area contributed by atoms with Crippen molar-refractivity contribution in [2.75, 3.05) is 13.1 Å². The highest BCUT2D eigenvalue weighted by atomic mass is 16.2. The summed E-state index contributed by atoms with van der Waals surface area (Å²) < 4.78 is 0. The number of amides is 3. The summed E-state index contributed by atoms with van der Waals surface area (Å²) in [5.41, 5.74) is 0.